The topological polar surface area (TPSA) is 79.2 Å². The van der Waals surface area contributed by atoms with Crippen LogP contribution in [0.25, 0.3) is 0 Å². The number of amides is 1. The monoisotopic (exact) mass is 544 g/mol. The number of benzene rings is 2. The molecule has 1 heterocycles. The number of aliphatic imine (C=N–C) groups is 1. The molecule has 2 aromatic carbocycles. The average Bonchev–Trinajstić information content (AvgIpc) is 3.12. The Bertz CT molecular complexity index is 1180. The van der Waals surface area contributed by atoms with E-state index in [2.05, 4.69) is 20.8 Å². The third-order valence-electron chi connectivity index (χ3n) is 7.77. The second-order valence-electron chi connectivity index (χ2n) is 11.1. The first-order valence-electron chi connectivity index (χ1n) is 12.7. The van der Waals surface area contributed by atoms with Gasteiger partial charge < -0.3 is 14.7 Å². The number of hydrogen-bond acceptors (Lipinski definition) is 5. The number of esters is 1. The van der Waals surface area contributed by atoms with Crippen molar-refractivity contribution in [3.63, 3.8) is 0 Å². The summed E-state index contributed by atoms with van der Waals surface area (Å²) in [5.74, 6) is -0.114. The van der Waals surface area contributed by atoms with Crippen LogP contribution in [0.4, 0.5) is 0 Å². The highest BCUT2D eigenvalue weighted by Gasteiger charge is 2.52. The number of halogens is 2. The van der Waals surface area contributed by atoms with Crippen LogP contribution in [0.5, 0.6) is 0 Å². The van der Waals surface area contributed by atoms with Gasteiger partial charge in [0.05, 0.1) is 18.7 Å². The van der Waals surface area contributed by atoms with Crippen LogP contribution in [0.15, 0.2) is 47.5 Å². The molecule has 2 aromatic rings. The van der Waals surface area contributed by atoms with Gasteiger partial charge in [-0.05, 0) is 79.3 Å². The van der Waals surface area contributed by atoms with Crippen molar-refractivity contribution in [3.05, 3.63) is 69.2 Å². The minimum absolute atomic E-state index is 0.105. The van der Waals surface area contributed by atoms with Crippen molar-refractivity contribution in [1.82, 2.24) is 4.90 Å². The zero-order chi connectivity index (χ0) is 27.0. The van der Waals surface area contributed by atoms with Gasteiger partial charge in [0.1, 0.15) is 11.4 Å². The highest BCUT2D eigenvalue weighted by molar-refractivity contribution is 6.47. The van der Waals surface area contributed by atoms with E-state index in [1.807, 2.05) is 17.0 Å². The number of rotatable bonds is 6. The largest absolute Gasteiger partial charge is 0.465 e. The second kappa shape index (κ2) is 10.8. The maximum Gasteiger partial charge on any atom is 0.337 e. The van der Waals surface area contributed by atoms with E-state index in [0.717, 1.165) is 31.2 Å². The number of methoxy groups -OCH3 is 1. The zero-order valence-corrected chi connectivity index (χ0v) is 23.3. The molecule has 1 spiro atoms. The van der Waals surface area contributed by atoms with Gasteiger partial charge in [0.15, 0.2) is 0 Å². The van der Waals surface area contributed by atoms with Crippen LogP contribution in [0.3, 0.4) is 0 Å². The Labute approximate surface area is 228 Å². The Hall–Kier alpha value is -2.41. The number of carbonyl (C=O) groups excluding carboxylic acids is 2. The summed E-state index contributed by atoms with van der Waals surface area (Å²) in [6.07, 6.45) is 3.66. The SMILES string of the molecule is COC(=O)c1ccc([C@@H](CCO)N2C(=O)C(c3cc(Cl)cc(Cl)c3)=NC23CCC(C(C)(C)C)CC3)cc1. The van der Waals surface area contributed by atoms with Gasteiger partial charge in [-0.3, -0.25) is 9.79 Å². The Kier molecular flexibility index (Phi) is 8.03. The Morgan fingerprint density at radius 1 is 1.14 bits per heavy atom. The van der Waals surface area contributed by atoms with Gasteiger partial charge in [-0.15, -0.1) is 0 Å². The van der Waals surface area contributed by atoms with Crippen LogP contribution in [-0.2, 0) is 9.53 Å². The molecule has 0 saturated heterocycles. The molecule has 37 heavy (non-hydrogen) atoms. The summed E-state index contributed by atoms with van der Waals surface area (Å²) >= 11 is 12.6. The second-order valence-corrected chi connectivity index (χ2v) is 11.9. The first-order chi connectivity index (χ1) is 17.5. The van der Waals surface area contributed by atoms with Crippen molar-refractivity contribution >= 4 is 40.8 Å². The molecular formula is C29H34Cl2N2O4. The van der Waals surface area contributed by atoms with Gasteiger partial charge in [0.25, 0.3) is 5.91 Å². The quantitative estimate of drug-likeness (QED) is 0.422. The molecule has 1 aliphatic heterocycles. The smallest absolute Gasteiger partial charge is 0.337 e. The summed E-state index contributed by atoms with van der Waals surface area (Å²) in [5.41, 5.74) is 1.61. The third kappa shape index (κ3) is 5.57. The molecule has 0 bridgehead atoms. The average molecular weight is 546 g/mol. The van der Waals surface area contributed by atoms with E-state index < -0.39 is 17.7 Å². The van der Waals surface area contributed by atoms with E-state index in [1.165, 1.54) is 7.11 Å². The summed E-state index contributed by atoms with van der Waals surface area (Å²) in [6.45, 7) is 6.67. The van der Waals surface area contributed by atoms with E-state index in [-0.39, 0.29) is 17.9 Å². The van der Waals surface area contributed by atoms with Crippen molar-refractivity contribution in [2.24, 2.45) is 16.3 Å². The highest BCUT2D eigenvalue weighted by Crippen LogP contribution is 2.49. The molecule has 2 aliphatic rings. The molecule has 0 radical (unpaired) electrons. The number of ether oxygens (including phenoxy) is 1. The summed E-state index contributed by atoms with van der Waals surface area (Å²) in [4.78, 5) is 33.1. The third-order valence-corrected chi connectivity index (χ3v) is 8.20. The van der Waals surface area contributed by atoms with E-state index >= 15 is 0 Å². The number of carbonyl (C=O) groups is 2. The van der Waals surface area contributed by atoms with Crippen LogP contribution in [0.1, 0.15) is 80.4 Å². The summed E-state index contributed by atoms with van der Waals surface area (Å²) in [7, 11) is 1.34. The van der Waals surface area contributed by atoms with Crippen molar-refractivity contribution in [3.8, 4) is 0 Å². The molecule has 8 heteroatoms. The predicted molar refractivity (Wildman–Crippen MR) is 146 cm³/mol. The molecule has 198 valence electrons. The maximum absolute atomic E-state index is 14.1. The van der Waals surface area contributed by atoms with E-state index in [1.54, 1.807) is 30.3 Å². The Morgan fingerprint density at radius 3 is 2.24 bits per heavy atom. The molecule has 1 N–H and O–H groups in total. The summed E-state index contributed by atoms with van der Waals surface area (Å²) < 4.78 is 4.83. The van der Waals surface area contributed by atoms with Crippen LogP contribution < -0.4 is 0 Å². The fourth-order valence-corrected chi connectivity index (χ4v) is 6.27. The molecule has 1 fully saturated rings. The lowest BCUT2D eigenvalue weighted by Gasteiger charge is -2.47. The van der Waals surface area contributed by atoms with E-state index in [4.69, 9.17) is 32.9 Å². The van der Waals surface area contributed by atoms with Crippen molar-refractivity contribution in [2.45, 2.75) is 64.6 Å². The van der Waals surface area contributed by atoms with Gasteiger partial charge in [0.2, 0.25) is 0 Å². The molecule has 1 aliphatic carbocycles. The van der Waals surface area contributed by atoms with Gasteiger partial charge in [-0.2, -0.15) is 0 Å². The predicted octanol–water partition coefficient (Wildman–Crippen LogP) is 6.47. The van der Waals surface area contributed by atoms with Gasteiger partial charge in [0, 0.05) is 22.2 Å². The van der Waals surface area contributed by atoms with Gasteiger partial charge >= 0.3 is 5.97 Å². The molecular weight excluding hydrogens is 511 g/mol. The van der Waals surface area contributed by atoms with Crippen molar-refractivity contribution < 1.29 is 19.4 Å². The lowest BCUT2D eigenvalue weighted by Crippen LogP contribution is -2.51. The maximum atomic E-state index is 14.1. The number of hydrogen-bond donors (Lipinski definition) is 1. The van der Waals surface area contributed by atoms with Crippen LogP contribution in [0, 0.1) is 11.3 Å². The summed E-state index contributed by atoms with van der Waals surface area (Å²) in [6, 6.07) is 11.7. The number of nitrogens with zero attached hydrogens (tertiary/aromatic N) is 2. The first-order valence-corrected chi connectivity index (χ1v) is 13.4. The molecule has 1 amide bonds. The minimum atomic E-state index is -0.732. The minimum Gasteiger partial charge on any atom is -0.465 e. The zero-order valence-electron chi connectivity index (χ0n) is 21.8. The Morgan fingerprint density at radius 2 is 1.73 bits per heavy atom. The van der Waals surface area contributed by atoms with Gasteiger partial charge in [-0.1, -0.05) is 56.1 Å². The molecule has 1 atom stereocenters. The highest BCUT2D eigenvalue weighted by atomic mass is 35.5. The number of aliphatic hydroxyl groups is 1. The summed E-state index contributed by atoms with van der Waals surface area (Å²) in [5, 5.41) is 10.9. The Balaban J connectivity index is 1.78. The van der Waals surface area contributed by atoms with Gasteiger partial charge in [-0.25, -0.2) is 4.79 Å². The first kappa shape index (κ1) is 27.6. The molecule has 0 unspecified atom stereocenters. The van der Waals surface area contributed by atoms with E-state index in [0.29, 0.717) is 39.2 Å². The lowest BCUT2D eigenvalue weighted by molar-refractivity contribution is -0.134. The fraction of sp³-hybridized carbons (Fsp3) is 0.483. The van der Waals surface area contributed by atoms with Crippen LogP contribution >= 0.6 is 23.2 Å². The molecule has 1 saturated carbocycles. The standard InChI is InChI=1S/C29H34Cl2N2O4/c1-28(2,3)21-9-12-29(13-10-21)32-25(20-15-22(30)17-23(31)16-20)26(35)33(29)24(11-14-34)18-5-7-19(8-6-18)27(36)37-4/h5-8,15-17,21,24,34H,9-14H2,1-4H3/t21?,24-,29?/m1/s1. The van der Waals surface area contributed by atoms with Crippen LogP contribution in [0.2, 0.25) is 10.0 Å². The van der Waals surface area contributed by atoms with E-state index in [9.17, 15) is 14.7 Å². The van der Waals surface area contributed by atoms with Crippen molar-refractivity contribution in [2.75, 3.05) is 13.7 Å². The fourth-order valence-electron chi connectivity index (χ4n) is 5.75. The molecule has 0 aromatic heterocycles. The normalized spacial score (nSPS) is 22.8. The van der Waals surface area contributed by atoms with Crippen molar-refractivity contribution in [1.29, 1.82) is 0 Å². The number of aliphatic hydroxyl groups excluding tert-OH is 1. The molecule has 6 nitrogen and oxygen atoms in total. The molecule has 4 rings (SSSR count). The lowest BCUT2D eigenvalue weighted by atomic mass is 9.69. The van der Waals surface area contributed by atoms with Crippen LogP contribution in [-0.4, -0.2) is 47.0 Å².